The molecule has 2 aromatic rings. The van der Waals surface area contributed by atoms with Crippen molar-refractivity contribution < 1.29 is 9.84 Å². The van der Waals surface area contributed by atoms with Crippen LogP contribution in [0.2, 0.25) is 0 Å². The molecule has 0 saturated heterocycles. The summed E-state index contributed by atoms with van der Waals surface area (Å²) in [6.45, 7) is 12.4. The second-order valence-corrected chi connectivity index (χ2v) is 7.18. The van der Waals surface area contributed by atoms with Crippen molar-refractivity contribution in [1.82, 2.24) is 4.90 Å². The maximum absolute atomic E-state index is 10.5. The average Bonchev–Trinajstić information content (AvgIpc) is 2.56. The van der Waals surface area contributed by atoms with Crippen LogP contribution in [0.4, 0.5) is 0 Å². The summed E-state index contributed by atoms with van der Waals surface area (Å²) in [6, 6.07) is 14.8. The Bertz CT molecular complexity index is 681. The molecular formula is C22H31NO2. The first-order valence-corrected chi connectivity index (χ1v) is 9.03. The summed E-state index contributed by atoms with van der Waals surface area (Å²) in [5.41, 5.74) is 4.97. The maximum atomic E-state index is 10.5. The second kappa shape index (κ2) is 9.02. The van der Waals surface area contributed by atoms with Crippen molar-refractivity contribution >= 4 is 0 Å². The van der Waals surface area contributed by atoms with E-state index < -0.39 is 6.10 Å². The highest BCUT2D eigenvalue weighted by Crippen LogP contribution is 2.18. The largest absolute Gasteiger partial charge is 0.491 e. The van der Waals surface area contributed by atoms with Crippen LogP contribution in [0.25, 0.3) is 0 Å². The molecule has 25 heavy (non-hydrogen) atoms. The Hall–Kier alpha value is -1.84. The smallest absolute Gasteiger partial charge is 0.122 e. The topological polar surface area (TPSA) is 32.7 Å². The van der Waals surface area contributed by atoms with E-state index in [1.807, 2.05) is 31.2 Å². The van der Waals surface area contributed by atoms with Gasteiger partial charge in [-0.3, -0.25) is 4.90 Å². The van der Waals surface area contributed by atoms with Crippen LogP contribution in [0.1, 0.15) is 36.1 Å². The lowest BCUT2D eigenvalue weighted by atomic mass is 10.0. The number of hydrogen-bond acceptors (Lipinski definition) is 3. The number of para-hydroxylation sites is 1. The van der Waals surface area contributed by atoms with Crippen molar-refractivity contribution in [2.75, 3.05) is 13.2 Å². The molecule has 0 bridgehead atoms. The molecule has 2 aromatic carbocycles. The van der Waals surface area contributed by atoms with Gasteiger partial charge in [-0.25, -0.2) is 0 Å². The SMILES string of the molecule is Cc1ccc(C)c(CN(C[C@@H](O)COc2ccccc2C)C(C)C)c1. The highest BCUT2D eigenvalue weighted by Gasteiger charge is 2.17. The van der Waals surface area contributed by atoms with Gasteiger partial charge in [0.1, 0.15) is 18.5 Å². The van der Waals surface area contributed by atoms with Gasteiger partial charge < -0.3 is 9.84 Å². The normalized spacial score (nSPS) is 12.6. The zero-order chi connectivity index (χ0) is 18.4. The van der Waals surface area contributed by atoms with Gasteiger partial charge in [-0.1, -0.05) is 42.0 Å². The molecule has 0 unspecified atom stereocenters. The average molecular weight is 341 g/mol. The summed E-state index contributed by atoms with van der Waals surface area (Å²) in [4.78, 5) is 2.30. The van der Waals surface area contributed by atoms with Crippen LogP contribution in [-0.2, 0) is 6.54 Å². The highest BCUT2D eigenvalue weighted by atomic mass is 16.5. The third-order valence-corrected chi connectivity index (χ3v) is 4.58. The molecule has 0 aliphatic heterocycles. The van der Waals surface area contributed by atoms with Gasteiger partial charge >= 0.3 is 0 Å². The standard InChI is InChI=1S/C22H31NO2/c1-16(2)23(13-20-12-17(3)10-11-18(20)4)14-21(24)15-25-22-9-7-6-8-19(22)5/h6-12,16,21,24H,13-15H2,1-5H3/t21-/m1/s1. The van der Waals surface area contributed by atoms with Crippen LogP contribution < -0.4 is 4.74 Å². The summed E-state index contributed by atoms with van der Waals surface area (Å²) < 4.78 is 5.80. The maximum Gasteiger partial charge on any atom is 0.122 e. The van der Waals surface area contributed by atoms with Crippen LogP contribution in [0.3, 0.4) is 0 Å². The van der Waals surface area contributed by atoms with Crippen molar-refractivity contribution in [1.29, 1.82) is 0 Å². The van der Waals surface area contributed by atoms with Gasteiger partial charge in [0.05, 0.1) is 0 Å². The van der Waals surface area contributed by atoms with Crippen molar-refractivity contribution in [3.05, 3.63) is 64.7 Å². The molecule has 0 aliphatic carbocycles. The zero-order valence-corrected chi connectivity index (χ0v) is 16.1. The molecule has 0 spiro atoms. The number of nitrogens with zero attached hydrogens (tertiary/aromatic N) is 1. The van der Waals surface area contributed by atoms with E-state index >= 15 is 0 Å². The molecule has 0 radical (unpaired) electrons. The van der Waals surface area contributed by atoms with Crippen molar-refractivity contribution in [2.45, 2.75) is 53.3 Å². The van der Waals surface area contributed by atoms with Crippen LogP contribution in [0.5, 0.6) is 5.75 Å². The van der Waals surface area contributed by atoms with Crippen molar-refractivity contribution in [3.8, 4) is 5.75 Å². The van der Waals surface area contributed by atoms with E-state index in [1.54, 1.807) is 0 Å². The summed E-state index contributed by atoms with van der Waals surface area (Å²) >= 11 is 0. The van der Waals surface area contributed by atoms with Crippen LogP contribution in [-0.4, -0.2) is 35.3 Å². The highest BCUT2D eigenvalue weighted by molar-refractivity contribution is 5.32. The first-order valence-electron chi connectivity index (χ1n) is 9.03. The predicted molar refractivity (Wildman–Crippen MR) is 104 cm³/mol. The van der Waals surface area contributed by atoms with Gasteiger partial charge in [0.15, 0.2) is 0 Å². The van der Waals surface area contributed by atoms with Crippen LogP contribution in [0.15, 0.2) is 42.5 Å². The lowest BCUT2D eigenvalue weighted by Gasteiger charge is -2.29. The van der Waals surface area contributed by atoms with E-state index in [4.69, 9.17) is 4.74 Å². The summed E-state index contributed by atoms with van der Waals surface area (Å²) in [6.07, 6.45) is -0.521. The minimum absolute atomic E-state index is 0.306. The van der Waals surface area contributed by atoms with Crippen molar-refractivity contribution in [3.63, 3.8) is 0 Å². The predicted octanol–water partition coefficient (Wildman–Crippen LogP) is 4.26. The molecule has 0 aliphatic rings. The molecule has 1 atom stereocenters. The number of ether oxygens (including phenoxy) is 1. The number of aliphatic hydroxyl groups is 1. The minimum atomic E-state index is -0.521. The fourth-order valence-corrected chi connectivity index (χ4v) is 2.88. The fraction of sp³-hybridized carbons (Fsp3) is 0.455. The lowest BCUT2D eigenvalue weighted by Crippen LogP contribution is -2.39. The van der Waals surface area contributed by atoms with Gasteiger partial charge in [0, 0.05) is 19.1 Å². The fourth-order valence-electron chi connectivity index (χ4n) is 2.88. The van der Waals surface area contributed by atoms with Gasteiger partial charge in [-0.05, 0) is 57.4 Å². The molecule has 0 heterocycles. The van der Waals surface area contributed by atoms with Crippen LogP contribution >= 0.6 is 0 Å². The van der Waals surface area contributed by atoms with E-state index in [1.165, 1.54) is 16.7 Å². The molecule has 2 rings (SSSR count). The number of rotatable bonds is 8. The number of benzene rings is 2. The monoisotopic (exact) mass is 341 g/mol. The number of aryl methyl sites for hydroxylation is 3. The van der Waals surface area contributed by atoms with E-state index in [2.05, 4.69) is 50.8 Å². The Kier molecular flexibility index (Phi) is 7.03. The van der Waals surface area contributed by atoms with E-state index in [0.717, 1.165) is 17.9 Å². The first kappa shape index (κ1) is 19.5. The first-order chi connectivity index (χ1) is 11.9. The Balaban J connectivity index is 1.96. The number of hydrogen-bond donors (Lipinski definition) is 1. The van der Waals surface area contributed by atoms with E-state index in [-0.39, 0.29) is 0 Å². The third-order valence-electron chi connectivity index (χ3n) is 4.58. The van der Waals surface area contributed by atoms with Gasteiger partial charge in [-0.2, -0.15) is 0 Å². The Labute approximate surface area is 152 Å². The molecule has 1 N–H and O–H groups in total. The van der Waals surface area contributed by atoms with Crippen LogP contribution in [0, 0.1) is 20.8 Å². The third kappa shape index (κ3) is 5.87. The molecule has 3 nitrogen and oxygen atoms in total. The lowest BCUT2D eigenvalue weighted by molar-refractivity contribution is 0.0540. The Morgan fingerprint density at radius 2 is 1.72 bits per heavy atom. The summed E-state index contributed by atoms with van der Waals surface area (Å²) in [5, 5.41) is 10.5. The van der Waals surface area contributed by atoms with Gasteiger partial charge in [-0.15, -0.1) is 0 Å². The molecule has 0 fully saturated rings. The quantitative estimate of drug-likeness (QED) is 0.778. The minimum Gasteiger partial charge on any atom is -0.491 e. The Morgan fingerprint density at radius 1 is 1.00 bits per heavy atom. The summed E-state index contributed by atoms with van der Waals surface area (Å²) in [5.74, 6) is 0.840. The molecule has 3 heteroatoms. The molecule has 0 aromatic heterocycles. The molecule has 0 saturated carbocycles. The number of aliphatic hydroxyl groups excluding tert-OH is 1. The van der Waals surface area contributed by atoms with Gasteiger partial charge in [0.25, 0.3) is 0 Å². The molecule has 0 amide bonds. The van der Waals surface area contributed by atoms with E-state index in [0.29, 0.717) is 19.2 Å². The zero-order valence-electron chi connectivity index (χ0n) is 16.1. The van der Waals surface area contributed by atoms with Gasteiger partial charge in [0.2, 0.25) is 0 Å². The van der Waals surface area contributed by atoms with E-state index in [9.17, 15) is 5.11 Å². The summed E-state index contributed by atoms with van der Waals surface area (Å²) in [7, 11) is 0. The van der Waals surface area contributed by atoms with Crippen molar-refractivity contribution in [2.24, 2.45) is 0 Å². The molecule has 136 valence electrons. The second-order valence-electron chi connectivity index (χ2n) is 7.18. The Morgan fingerprint density at radius 3 is 2.40 bits per heavy atom. The molecular weight excluding hydrogens is 310 g/mol.